The summed E-state index contributed by atoms with van der Waals surface area (Å²) in [5.74, 6) is 1.06. The molecule has 22 heavy (non-hydrogen) atoms. The molecule has 0 radical (unpaired) electrons. The summed E-state index contributed by atoms with van der Waals surface area (Å²) in [6.45, 7) is 2.29. The van der Waals surface area contributed by atoms with E-state index in [1.54, 1.807) is 28.3 Å². The van der Waals surface area contributed by atoms with Gasteiger partial charge in [-0.2, -0.15) is 0 Å². The third-order valence-electron chi connectivity index (χ3n) is 3.31. The summed E-state index contributed by atoms with van der Waals surface area (Å²) in [6.07, 6.45) is 1.55. The lowest BCUT2D eigenvalue weighted by molar-refractivity contribution is -0.151. The summed E-state index contributed by atoms with van der Waals surface area (Å²) in [7, 11) is 4.77. The van der Waals surface area contributed by atoms with Crippen LogP contribution in [0.5, 0.6) is 11.5 Å². The molecule has 0 amide bonds. The topological polar surface area (TPSA) is 58.9 Å². The van der Waals surface area contributed by atoms with Gasteiger partial charge in [0.05, 0.1) is 26.3 Å². The average Bonchev–Trinajstić information content (AvgIpc) is 2.89. The van der Waals surface area contributed by atoms with Crippen molar-refractivity contribution in [2.75, 3.05) is 27.9 Å². The van der Waals surface area contributed by atoms with E-state index in [1.807, 2.05) is 29.0 Å². The zero-order chi connectivity index (χ0) is 16.1. The van der Waals surface area contributed by atoms with Gasteiger partial charge in [-0.05, 0) is 13.0 Å². The number of hydrogen-bond acceptors (Lipinski definition) is 5. The van der Waals surface area contributed by atoms with E-state index < -0.39 is 0 Å². The molecule has 1 aromatic carbocycles. The lowest BCUT2D eigenvalue weighted by Crippen LogP contribution is -2.22. The Hall–Kier alpha value is -2.21. The average molecular weight is 307 g/mol. The highest BCUT2D eigenvalue weighted by Gasteiger charge is 2.14. The van der Waals surface area contributed by atoms with Crippen LogP contribution in [-0.4, -0.2) is 44.6 Å². The molecule has 0 N–H and O–H groups in total. The van der Waals surface area contributed by atoms with Gasteiger partial charge >= 0.3 is 5.97 Å². The SMILES string of the molecule is COCC(C)OC(=O)Cn1ccc2c(OC)cc(OC)cc21. The van der Waals surface area contributed by atoms with Gasteiger partial charge in [0.15, 0.2) is 0 Å². The highest BCUT2D eigenvalue weighted by atomic mass is 16.6. The van der Waals surface area contributed by atoms with E-state index in [2.05, 4.69) is 0 Å². The minimum Gasteiger partial charge on any atom is -0.497 e. The number of aromatic nitrogens is 1. The van der Waals surface area contributed by atoms with E-state index in [1.165, 1.54) is 0 Å². The molecule has 0 aliphatic carbocycles. The first-order valence-electron chi connectivity index (χ1n) is 6.98. The number of ether oxygens (including phenoxy) is 4. The van der Waals surface area contributed by atoms with Gasteiger partial charge in [-0.25, -0.2) is 0 Å². The van der Waals surface area contributed by atoms with Crippen molar-refractivity contribution in [3.63, 3.8) is 0 Å². The third-order valence-corrected chi connectivity index (χ3v) is 3.31. The molecule has 0 aliphatic heterocycles. The minimum atomic E-state index is -0.316. The Balaban J connectivity index is 2.23. The summed E-state index contributed by atoms with van der Waals surface area (Å²) >= 11 is 0. The van der Waals surface area contributed by atoms with Gasteiger partial charge in [0, 0.05) is 30.8 Å². The standard InChI is InChI=1S/C16H21NO5/c1-11(10-19-2)22-16(18)9-17-6-5-13-14(17)7-12(20-3)8-15(13)21-4/h5-8,11H,9-10H2,1-4H3. The molecule has 0 bridgehead atoms. The van der Waals surface area contributed by atoms with E-state index in [-0.39, 0.29) is 18.6 Å². The number of rotatable bonds is 7. The number of nitrogens with zero attached hydrogens (tertiary/aromatic N) is 1. The second kappa shape index (κ2) is 7.17. The van der Waals surface area contributed by atoms with Crippen molar-refractivity contribution in [1.82, 2.24) is 4.57 Å². The van der Waals surface area contributed by atoms with Crippen LogP contribution in [-0.2, 0) is 20.8 Å². The Morgan fingerprint density at radius 1 is 1.23 bits per heavy atom. The number of carbonyl (C=O) groups is 1. The van der Waals surface area contributed by atoms with Crippen LogP contribution in [0.1, 0.15) is 6.92 Å². The Bertz CT molecular complexity index is 649. The Morgan fingerprint density at radius 2 is 2.00 bits per heavy atom. The van der Waals surface area contributed by atoms with Crippen molar-refractivity contribution < 1.29 is 23.7 Å². The van der Waals surface area contributed by atoms with Crippen molar-refractivity contribution in [2.45, 2.75) is 19.6 Å². The van der Waals surface area contributed by atoms with Crippen LogP contribution in [0.4, 0.5) is 0 Å². The first-order chi connectivity index (χ1) is 10.6. The van der Waals surface area contributed by atoms with Gasteiger partial charge in [-0.1, -0.05) is 0 Å². The van der Waals surface area contributed by atoms with Crippen molar-refractivity contribution >= 4 is 16.9 Å². The van der Waals surface area contributed by atoms with Crippen LogP contribution >= 0.6 is 0 Å². The molecule has 6 nitrogen and oxygen atoms in total. The number of fused-ring (bicyclic) bond motifs is 1. The first-order valence-corrected chi connectivity index (χ1v) is 6.98. The molecule has 0 saturated heterocycles. The monoisotopic (exact) mass is 307 g/mol. The molecule has 1 heterocycles. The molecule has 120 valence electrons. The molecular formula is C16H21NO5. The van der Waals surface area contributed by atoms with Crippen molar-refractivity contribution in [2.24, 2.45) is 0 Å². The minimum absolute atomic E-state index is 0.119. The Labute approximate surface area is 129 Å². The van der Waals surface area contributed by atoms with Crippen LogP contribution in [0, 0.1) is 0 Å². The van der Waals surface area contributed by atoms with Gasteiger partial charge < -0.3 is 23.5 Å². The molecular weight excluding hydrogens is 286 g/mol. The largest absolute Gasteiger partial charge is 0.497 e. The predicted octanol–water partition coefficient (Wildman–Crippen LogP) is 2.24. The number of benzene rings is 1. The zero-order valence-electron chi connectivity index (χ0n) is 13.3. The van der Waals surface area contributed by atoms with Gasteiger partial charge in [-0.15, -0.1) is 0 Å². The lowest BCUT2D eigenvalue weighted by atomic mass is 10.2. The van der Waals surface area contributed by atoms with Crippen LogP contribution in [0.2, 0.25) is 0 Å². The van der Waals surface area contributed by atoms with Crippen LogP contribution in [0.3, 0.4) is 0 Å². The molecule has 0 spiro atoms. The quantitative estimate of drug-likeness (QED) is 0.734. The van der Waals surface area contributed by atoms with E-state index in [9.17, 15) is 4.79 Å². The summed E-state index contributed by atoms with van der Waals surface area (Å²) in [4.78, 5) is 12.0. The smallest absolute Gasteiger partial charge is 0.326 e. The maximum absolute atomic E-state index is 12.0. The van der Waals surface area contributed by atoms with Crippen molar-refractivity contribution in [3.05, 3.63) is 24.4 Å². The molecule has 1 unspecified atom stereocenters. The summed E-state index contributed by atoms with van der Waals surface area (Å²) in [6, 6.07) is 5.58. The third kappa shape index (κ3) is 3.51. The highest BCUT2D eigenvalue weighted by Crippen LogP contribution is 2.31. The fourth-order valence-electron chi connectivity index (χ4n) is 2.33. The molecule has 0 aliphatic rings. The molecule has 0 fully saturated rings. The number of esters is 1. The fourth-order valence-corrected chi connectivity index (χ4v) is 2.33. The molecule has 0 saturated carbocycles. The number of hydrogen-bond donors (Lipinski definition) is 0. The van der Waals surface area contributed by atoms with Crippen molar-refractivity contribution in [1.29, 1.82) is 0 Å². The van der Waals surface area contributed by atoms with Gasteiger partial charge in [0.1, 0.15) is 24.1 Å². The summed E-state index contributed by atoms with van der Waals surface area (Å²) in [5, 5.41) is 0.918. The van der Waals surface area contributed by atoms with E-state index >= 15 is 0 Å². The van der Waals surface area contributed by atoms with E-state index in [0.717, 1.165) is 10.9 Å². The molecule has 6 heteroatoms. The van der Waals surface area contributed by atoms with Crippen LogP contribution in [0.25, 0.3) is 10.9 Å². The van der Waals surface area contributed by atoms with Gasteiger partial charge in [0.25, 0.3) is 0 Å². The second-order valence-electron chi connectivity index (χ2n) is 4.96. The predicted molar refractivity (Wildman–Crippen MR) is 82.5 cm³/mol. The fraction of sp³-hybridized carbons (Fsp3) is 0.438. The second-order valence-corrected chi connectivity index (χ2v) is 4.96. The van der Waals surface area contributed by atoms with Crippen molar-refractivity contribution in [3.8, 4) is 11.5 Å². The highest BCUT2D eigenvalue weighted by molar-refractivity contribution is 5.89. The van der Waals surface area contributed by atoms with Crippen LogP contribution in [0.15, 0.2) is 24.4 Å². The summed E-state index contributed by atoms with van der Waals surface area (Å²) in [5.41, 5.74) is 0.854. The van der Waals surface area contributed by atoms with Crippen LogP contribution < -0.4 is 9.47 Å². The lowest BCUT2D eigenvalue weighted by Gasteiger charge is -2.13. The Kier molecular flexibility index (Phi) is 5.27. The van der Waals surface area contributed by atoms with E-state index in [4.69, 9.17) is 18.9 Å². The maximum atomic E-state index is 12.0. The molecule has 1 aromatic heterocycles. The van der Waals surface area contributed by atoms with Gasteiger partial charge in [-0.3, -0.25) is 4.79 Å². The van der Waals surface area contributed by atoms with Gasteiger partial charge in [0.2, 0.25) is 0 Å². The molecule has 1 atom stereocenters. The number of methoxy groups -OCH3 is 3. The molecule has 2 aromatic rings. The normalized spacial score (nSPS) is 12.2. The summed E-state index contributed by atoms with van der Waals surface area (Å²) < 4.78 is 22.7. The maximum Gasteiger partial charge on any atom is 0.326 e. The first kappa shape index (κ1) is 16.2. The molecule has 2 rings (SSSR count). The zero-order valence-corrected chi connectivity index (χ0v) is 13.3. The number of carbonyl (C=O) groups excluding carboxylic acids is 1. The Morgan fingerprint density at radius 3 is 2.64 bits per heavy atom. The van der Waals surface area contributed by atoms with E-state index in [0.29, 0.717) is 18.1 Å².